The van der Waals surface area contributed by atoms with Crippen LogP contribution in [-0.2, 0) is 4.79 Å². The van der Waals surface area contributed by atoms with Gasteiger partial charge in [-0.15, -0.1) is 10.2 Å². The predicted molar refractivity (Wildman–Crippen MR) is 133 cm³/mol. The number of nitrogens with one attached hydrogen (secondary N) is 1. The average Bonchev–Trinajstić information content (AvgIpc) is 3.32. The standard InChI is InChI=1S/C25H23N5O3S/c1-32-21-12-8-19(9-13-21)24-28-29-25(30(24)20-10-14-22(33-2)15-11-20)34-17-23(31)27-26-16-18-6-4-3-5-7-18/h3-16H,17H2,1-2H3,(H,27,31)/b26-16+. The first-order valence-corrected chi connectivity index (χ1v) is 11.4. The smallest absolute Gasteiger partial charge is 0.250 e. The number of nitrogens with zero attached hydrogens (tertiary/aromatic N) is 4. The normalized spacial score (nSPS) is 10.9. The van der Waals surface area contributed by atoms with Gasteiger partial charge in [-0.2, -0.15) is 5.10 Å². The monoisotopic (exact) mass is 473 g/mol. The summed E-state index contributed by atoms with van der Waals surface area (Å²) in [5.74, 6) is 2.03. The third kappa shape index (κ3) is 5.62. The summed E-state index contributed by atoms with van der Waals surface area (Å²) >= 11 is 1.28. The van der Waals surface area contributed by atoms with Crippen LogP contribution in [0.4, 0.5) is 0 Å². The van der Waals surface area contributed by atoms with Crippen LogP contribution < -0.4 is 14.9 Å². The molecule has 172 valence electrons. The summed E-state index contributed by atoms with van der Waals surface area (Å²) in [5, 5.41) is 13.3. The molecule has 0 fully saturated rings. The van der Waals surface area contributed by atoms with Crippen molar-refractivity contribution in [1.82, 2.24) is 20.2 Å². The van der Waals surface area contributed by atoms with Gasteiger partial charge in [0.05, 0.1) is 26.2 Å². The van der Waals surface area contributed by atoms with Gasteiger partial charge >= 0.3 is 0 Å². The second-order valence-corrected chi connectivity index (χ2v) is 8.00. The molecule has 0 aliphatic carbocycles. The van der Waals surface area contributed by atoms with Gasteiger partial charge in [-0.3, -0.25) is 9.36 Å². The SMILES string of the molecule is COc1ccc(-c2nnc(SCC(=O)N/N=C/c3ccccc3)n2-c2ccc(OC)cc2)cc1. The molecule has 4 rings (SSSR count). The van der Waals surface area contributed by atoms with Crippen molar-refractivity contribution in [3.05, 3.63) is 84.4 Å². The van der Waals surface area contributed by atoms with E-state index in [-0.39, 0.29) is 11.7 Å². The molecule has 0 atom stereocenters. The lowest BCUT2D eigenvalue weighted by atomic mass is 10.2. The van der Waals surface area contributed by atoms with Crippen LogP contribution in [0.5, 0.6) is 11.5 Å². The molecule has 8 nitrogen and oxygen atoms in total. The molecule has 0 aliphatic heterocycles. The largest absolute Gasteiger partial charge is 0.497 e. The van der Waals surface area contributed by atoms with Gasteiger partial charge < -0.3 is 9.47 Å². The highest BCUT2D eigenvalue weighted by Gasteiger charge is 2.17. The summed E-state index contributed by atoms with van der Waals surface area (Å²) in [6.45, 7) is 0. The van der Waals surface area contributed by atoms with Gasteiger partial charge in [0.25, 0.3) is 5.91 Å². The third-order valence-corrected chi connectivity index (χ3v) is 5.78. The molecule has 0 bridgehead atoms. The van der Waals surface area contributed by atoms with Gasteiger partial charge in [0.1, 0.15) is 11.5 Å². The van der Waals surface area contributed by atoms with Crippen molar-refractivity contribution in [3.63, 3.8) is 0 Å². The second-order valence-electron chi connectivity index (χ2n) is 7.06. The van der Waals surface area contributed by atoms with Gasteiger partial charge in [-0.05, 0) is 54.1 Å². The minimum absolute atomic E-state index is 0.128. The molecule has 1 N–H and O–H groups in total. The number of carbonyl (C=O) groups is 1. The Labute approximate surface area is 201 Å². The van der Waals surface area contributed by atoms with E-state index in [2.05, 4.69) is 20.7 Å². The van der Waals surface area contributed by atoms with E-state index in [0.717, 1.165) is 28.3 Å². The van der Waals surface area contributed by atoms with Crippen molar-refractivity contribution >= 4 is 23.9 Å². The number of amides is 1. The molecule has 1 heterocycles. The first-order valence-electron chi connectivity index (χ1n) is 10.4. The van der Waals surface area contributed by atoms with Crippen LogP contribution >= 0.6 is 11.8 Å². The Hall–Kier alpha value is -4.11. The number of hydrazone groups is 1. The summed E-state index contributed by atoms with van der Waals surface area (Å²) in [6.07, 6.45) is 1.60. The Morgan fingerprint density at radius 2 is 1.59 bits per heavy atom. The number of hydrogen-bond acceptors (Lipinski definition) is 7. The number of carbonyl (C=O) groups excluding carboxylic acids is 1. The summed E-state index contributed by atoms with van der Waals surface area (Å²) in [5.41, 5.74) is 5.17. The van der Waals surface area contributed by atoms with Crippen molar-refractivity contribution < 1.29 is 14.3 Å². The average molecular weight is 474 g/mol. The van der Waals surface area contributed by atoms with Crippen molar-refractivity contribution in [2.45, 2.75) is 5.16 Å². The number of rotatable bonds is 9. The van der Waals surface area contributed by atoms with Crippen LogP contribution in [0.25, 0.3) is 17.1 Å². The Morgan fingerprint density at radius 1 is 0.941 bits per heavy atom. The lowest BCUT2D eigenvalue weighted by molar-refractivity contribution is -0.118. The number of benzene rings is 3. The lowest BCUT2D eigenvalue weighted by Gasteiger charge is -2.11. The summed E-state index contributed by atoms with van der Waals surface area (Å²) in [6, 6.07) is 24.7. The summed E-state index contributed by atoms with van der Waals surface area (Å²) in [4.78, 5) is 12.4. The highest BCUT2D eigenvalue weighted by Crippen LogP contribution is 2.29. The van der Waals surface area contributed by atoms with E-state index in [1.54, 1.807) is 20.4 Å². The van der Waals surface area contributed by atoms with Gasteiger partial charge in [-0.25, -0.2) is 5.43 Å². The van der Waals surface area contributed by atoms with Crippen LogP contribution in [-0.4, -0.2) is 46.9 Å². The van der Waals surface area contributed by atoms with Crippen molar-refractivity contribution in [2.75, 3.05) is 20.0 Å². The van der Waals surface area contributed by atoms with Crippen LogP contribution in [0, 0.1) is 0 Å². The topological polar surface area (TPSA) is 90.6 Å². The minimum atomic E-state index is -0.243. The van der Waals surface area contributed by atoms with E-state index in [9.17, 15) is 4.79 Å². The quantitative estimate of drug-likeness (QED) is 0.223. The van der Waals surface area contributed by atoms with E-state index in [0.29, 0.717) is 11.0 Å². The molecular weight excluding hydrogens is 450 g/mol. The Morgan fingerprint density at radius 3 is 2.24 bits per heavy atom. The van der Waals surface area contributed by atoms with Gasteiger partial charge in [0.15, 0.2) is 11.0 Å². The van der Waals surface area contributed by atoms with Crippen molar-refractivity contribution in [1.29, 1.82) is 0 Å². The first-order chi connectivity index (χ1) is 16.7. The molecule has 0 unspecified atom stereocenters. The number of aromatic nitrogens is 3. The molecule has 0 saturated heterocycles. The van der Waals surface area contributed by atoms with E-state index in [1.165, 1.54) is 11.8 Å². The minimum Gasteiger partial charge on any atom is -0.497 e. The van der Waals surface area contributed by atoms with E-state index >= 15 is 0 Å². The fraction of sp³-hybridized carbons (Fsp3) is 0.120. The van der Waals surface area contributed by atoms with Gasteiger partial charge in [0, 0.05) is 11.3 Å². The maximum atomic E-state index is 12.4. The molecule has 0 radical (unpaired) electrons. The maximum Gasteiger partial charge on any atom is 0.250 e. The molecule has 0 aliphatic rings. The van der Waals surface area contributed by atoms with Crippen molar-refractivity contribution in [2.24, 2.45) is 5.10 Å². The lowest BCUT2D eigenvalue weighted by Crippen LogP contribution is -2.20. The Bertz CT molecular complexity index is 1260. The molecule has 0 saturated carbocycles. The Balaban J connectivity index is 1.54. The predicted octanol–water partition coefficient (Wildman–Crippen LogP) is 4.19. The van der Waals surface area contributed by atoms with Crippen LogP contribution in [0.2, 0.25) is 0 Å². The van der Waals surface area contributed by atoms with E-state index in [4.69, 9.17) is 9.47 Å². The first kappa shape index (κ1) is 23.1. The second kappa shape index (κ2) is 11.2. The van der Waals surface area contributed by atoms with Crippen molar-refractivity contribution in [3.8, 4) is 28.6 Å². The maximum absolute atomic E-state index is 12.4. The van der Waals surface area contributed by atoms with Crippen LogP contribution in [0.15, 0.2) is 89.1 Å². The molecule has 1 amide bonds. The van der Waals surface area contributed by atoms with Gasteiger partial charge in [0.2, 0.25) is 0 Å². The molecule has 34 heavy (non-hydrogen) atoms. The zero-order valence-electron chi connectivity index (χ0n) is 18.7. The number of thioether (sulfide) groups is 1. The number of ether oxygens (including phenoxy) is 2. The number of hydrogen-bond donors (Lipinski definition) is 1. The summed E-state index contributed by atoms with van der Waals surface area (Å²) in [7, 11) is 3.25. The van der Waals surface area contributed by atoms with E-state index < -0.39 is 0 Å². The Kier molecular flexibility index (Phi) is 7.56. The van der Waals surface area contributed by atoms with Crippen LogP contribution in [0.1, 0.15) is 5.56 Å². The van der Waals surface area contributed by atoms with Gasteiger partial charge in [-0.1, -0.05) is 42.1 Å². The van der Waals surface area contributed by atoms with Crippen LogP contribution in [0.3, 0.4) is 0 Å². The van der Waals surface area contributed by atoms with E-state index in [1.807, 2.05) is 83.4 Å². The molecular formula is C25H23N5O3S. The zero-order chi connectivity index (χ0) is 23.8. The molecule has 9 heteroatoms. The fourth-order valence-electron chi connectivity index (χ4n) is 3.13. The highest BCUT2D eigenvalue weighted by molar-refractivity contribution is 7.99. The molecule has 0 spiro atoms. The third-order valence-electron chi connectivity index (χ3n) is 4.85. The molecule has 4 aromatic rings. The fourth-order valence-corrected chi connectivity index (χ4v) is 3.88. The zero-order valence-corrected chi connectivity index (χ0v) is 19.5. The molecule has 1 aromatic heterocycles. The highest BCUT2D eigenvalue weighted by atomic mass is 32.2. The summed E-state index contributed by atoms with van der Waals surface area (Å²) < 4.78 is 12.4. The molecule has 3 aromatic carbocycles. The number of methoxy groups -OCH3 is 2.